The SMILES string of the molecule is O=C(CN1CCC(C(=O)O)C1)Nc1ccc(OC(F)F)cc1. The number of carboxylic acid groups (broad SMARTS) is 1. The van der Waals surface area contributed by atoms with Gasteiger partial charge < -0.3 is 15.2 Å². The molecule has 2 rings (SSSR count). The molecule has 6 nitrogen and oxygen atoms in total. The maximum atomic E-state index is 12.0. The number of halogens is 2. The first-order valence-corrected chi connectivity index (χ1v) is 6.74. The number of rotatable bonds is 6. The lowest BCUT2D eigenvalue weighted by molar-refractivity contribution is -0.141. The third-order valence-electron chi connectivity index (χ3n) is 3.35. The van der Waals surface area contributed by atoms with E-state index in [0.29, 0.717) is 25.2 Å². The highest BCUT2D eigenvalue weighted by Crippen LogP contribution is 2.19. The van der Waals surface area contributed by atoms with Crippen molar-refractivity contribution in [2.24, 2.45) is 5.92 Å². The number of benzene rings is 1. The van der Waals surface area contributed by atoms with Crippen LogP contribution in [0, 0.1) is 5.92 Å². The maximum absolute atomic E-state index is 12.0. The Hall–Kier alpha value is -2.22. The number of ether oxygens (including phenoxy) is 1. The normalized spacial score (nSPS) is 18.4. The van der Waals surface area contributed by atoms with Gasteiger partial charge in [0.25, 0.3) is 0 Å². The molecule has 22 heavy (non-hydrogen) atoms. The molecule has 1 unspecified atom stereocenters. The molecule has 0 radical (unpaired) electrons. The summed E-state index contributed by atoms with van der Waals surface area (Å²) in [6.45, 7) is -1.88. The first kappa shape index (κ1) is 16.2. The van der Waals surface area contributed by atoms with E-state index >= 15 is 0 Å². The van der Waals surface area contributed by atoms with Crippen molar-refractivity contribution in [3.8, 4) is 5.75 Å². The van der Waals surface area contributed by atoms with Crippen LogP contribution in [0.2, 0.25) is 0 Å². The molecule has 1 fully saturated rings. The summed E-state index contributed by atoms with van der Waals surface area (Å²) in [4.78, 5) is 24.5. The van der Waals surface area contributed by atoms with Gasteiger partial charge in [0.05, 0.1) is 12.5 Å². The molecule has 1 aliphatic heterocycles. The summed E-state index contributed by atoms with van der Waals surface area (Å²) in [5.41, 5.74) is 0.459. The summed E-state index contributed by atoms with van der Waals surface area (Å²) in [5.74, 6) is -1.55. The van der Waals surface area contributed by atoms with E-state index in [0.717, 1.165) is 0 Å². The maximum Gasteiger partial charge on any atom is 0.387 e. The minimum absolute atomic E-state index is 0.0110. The smallest absolute Gasteiger partial charge is 0.387 e. The molecule has 0 aromatic heterocycles. The van der Waals surface area contributed by atoms with Gasteiger partial charge in [-0.3, -0.25) is 14.5 Å². The van der Waals surface area contributed by atoms with Gasteiger partial charge in [0, 0.05) is 12.2 Å². The van der Waals surface area contributed by atoms with E-state index in [2.05, 4.69) is 10.1 Å². The van der Waals surface area contributed by atoms with Crippen LogP contribution in [0.5, 0.6) is 5.75 Å². The molecule has 8 heteroatoms. The van der Waals surface area contributed by atoms with Crippen molar-refractivity contribution >= 4 is 17.6 Å². The number of likely N-dealkylation sites (tertiary alicyclic amines) is 1. The van der Waals surface area contributed by atoms with E-state index in [1.54, 1.807) is 4.90 Å². The average Bonchev–Trinajstić information content (AvgIpc) is 2.89. The van der Waals surface area contributed by atoms with Gasteiger partial charge in [-0.1, -0.05) is 0 Å². The van der Waals surface area contributed by atoms with Crippen LogP contribution in [-0.4, -0.2) is 48.1 Å². The number of carbonyl (C=O) groups excluding carboxylic acids is 1. The van der Waals surface area contributed by atoms with Gasteiger partial charge in [0.15, 0.2) is 0 Å². The molecule has 0 spiro atoms. The molecular weight excluding hydrogens is 298 g/mol. The van der Waals surface area contributed by atoms with Gasteiger partial charge in [-0.2, -0.15) is 8.78 Å². The van der Waals surface area contributed by atoms with Crippen LogP contribution in [0.15, 0.2) is 24.3 Å². The zero-order valence-corrected chi connectivity index (χ0v) is 11.7. The zero-order chi connectivity index (χ0) is 16.1. The van der Waals surface area contributed by atoms with Crippen LogP contribution in [0.1, 0.15) is 6.42 Å². The van der Waals surface area contributed by atoms with Gasteiger partial charge in [-0.25, -0.2) is 0 Å². The van der Waals surface area contributed by atoms with Crippen LogP contribution in [0.25, 0.3) is 0 Å². The topological polar surface area (TPSA) is 78.9 Å². The number of carboxylic acids is 1. The number of amides is 1. The van der Waals surface area contributed by atoms with E-state index in [1.165, 1.54) is 24.3 Å². The first-order valence-electron chi connectivity index (χ1n) is 6.74. The Morgan fingerprint density at radius 3 is 2.59 bits per heavy atom. The van der Waals surface area contributed by atoms with Crippen molar-refractivity contribution in [3.05, 3.63) is 24.3 Å². The third-order valence-corrected chi connectivity index (χ3v) is 3.35. The van der Waals surface area contributed by atoms with Crippen molar-refractivity contribution in [2.45, 2.75) is 13.0 Å². The second-order valence-electron chi connectivity index (χ2n) is 5.01. The number of hydrogen-bond acceptors (Lipinski definition) is 4. The summed E-state index contributed by atoms with van der Waals surface area (Å²) in [6.07, 6.45) is 0.530. The molecule has 1 aliphatic rings. The molecule has 1 aromatic carbocycles. The largest absolute Gasteiger partial charge is 0.481 e. The molecule has 120 valence electrons. The summed E-state index contributed by atoms with van der Waals surface area (Å²) < 4.78 is 28.2. The van der Waals surface area contributed by atoms with Crippen LogP contribution < -0.4 is 10.1 Å². The van der Waals surface area contributed by atoms with E-state index in [4.69, 9.17) is 5.11 Å². The predicted molar refractivity (Wildman–Crippen MR) is 73.9 cm³/mol. The van der Waals surface area contributed by atoms with E-state index in [-0.39, 0.29) is 18.2 Å². The highest BCUT2D eigenvalue weighted by molar-refractivity contribution is 5.92. The Bertz CT molecular complexity index is 536. The number of hydrogen-bond donors (Lipinski definition) is 2. The standard InChI is InChI=1S/C14H16F2N2O4/c15-14(16)22-11-3-1-10(2-4-11)17-12(19)8-18-6-5-9(7-18)13(20)21/h1-4,9,14H,5-8H2,(H,17,19)(H,20,21). The van der Waals surface area contributed by atoms with E-state index in [9.17, 15) is 18.4 Å². The fourth-order valence-corrected chi connectivity index (χ4v) is 2.30. The molecule has 1 aromatic rings. The minimum atomic E-state index is -2.89. The van der Waals surface area contributed by atoms with Gasteiger partial charge in [-0.15, -0.1) is 0 Å². The van der Waals surface area contributed by atoms with E-state index in [1.807, 2.05) is 0 Å². The summed E-state index contributed by atoms with van der Waals surface area (Å²) >= 11 is 0. The lowest BCUT2D eigenvalue weighted by Gasteiger charge is -2.15. The van der Waals surface area contributed by atoms with Crippen LogP contribution >= 0.6 is 0 Å². The molecule has 0 aliphatic carbocycles. The van der Waals surface area contributed by atoms with Gasteiger partial charge in [0.2, 0.25) is 5.91 Å². The zero-order valence-electron chi connectivity index (χ0n) is 11.7. The Morgan fingerprint density at radius 2 is 2.05 bits per heavy atom. The Balaban J connectivity index is 1.81. The fraction of sp³-hybridized carbons (Fsp3) is 0.429. The van der Waals surface area contributed by atoms with E-state index < -0.39 is 18.5 Å². The van der Waals surface area contributed by atoms with Crippen molar-refractivity contribution in [1.29, 1.82) is 0 Å². The molecule has 1 heterocycles. The van der Waals surface area contributed by atoms with Crippen molar-refractivity contribution < 1.29 is 28.2 Å². The van der Waals surface area contributed by atoms with Gasteiger partial charge in [0.1, 0.15) is 5.75 Å². The quantitative estimate of drug-likeness (QED) is 0.834. The number of anilines is 1. The predicted octanol–water partition coefficient (Wildman–Crippen LogP) is 1.63. The molecule has 0 bridgehead atoms. The lowest BCUT2D eigenvalue weighted by Crippen LogP contribution is -2.32. The molecule has 2 N–H and O–H groups in total. The van der Waals surface area contributed by atoms with Crippen LogP contribution in [-0.2, 0) is 9.59 Å². The molecule has 1 saturated heterocycles. The Kier molecular flexibility index (Phi) is 5.26. The molecular formula is C14H16F2N2O4. The first-order chi connectivity index (χ1) is 10.4. The van der Waals surface area contributed by atoms with Crippen molar-refractivity contribution in [2.75, 3.05) is 25.0 Å². The van der Waals surface area contributed by atoms with Crippen LogP contribution in [0.4, 0.5) is 14.5 Å². The minimum Gasteiger partial charge on any atom is -0.481 e. The second-order valence-corrected chi connectivity index (χ2v) is 5.01. The number of nitrogens with zero attached hydrogens (tertiary/aromatic N) is 1. The summed E-state index contributed by atoms with van der Waals surface area (Å²) in [5, 5.41) is 11.5. The summed E-state index contributed by atoms with van der Waals surface area (Å²) in [7, 11) is 0. The highest BCUT2D eigenvalue weighted by Gasteiger charge is 2.28. The fourth-order valence-electron chi connectivity index (χ4n) is 2.30. The Morgan fingerprint density at radius 1 is 1.36 bits per heavy atom. The highest BCUT2D eigenvalue weighted by atomic mass is 19.3. The van der Waals surface area contributed by atoms with Crippen LogP contribution in [0.3, 0.4) is 0 Å². The Labute approximate surface area is 125 Å². The monoisotopic (exact) mass is 314 g/mol. The number of nitrogens with one attached hydrogen (secondary N) is 1. The van der Waals surface area contributed by atoms with Crippen molar-refractivity contribution in [3.63, 3.8) is 0 Å². The van der Waals surface area contributed by atoms with Crippen molar-refractivity contribution in [1.82, 2.24) is 4.90 Å². The molecule has 1 amide bonds. The second kappa shape index (κ2) is 7.17. The lowest BCUT2D eigenvalue weighted by atomic mass is 10.1. The van der Waals surface area contributed by atoms with Gasteiger partial charge >= 0.3 is 12.6 Å². The average molecular weight is 314 g/mol. The number of aliphatic carboxylic acids is 1. The molecule has 1 atom stereocenters. The van der Waals surface area contributed by atoms with Gasteiger partial charge in [-0.05, 0) is 37.2 Å². The number of alkyl halides is 2. The summed E-state index contributed by atoms with van der Waals surface area (Å²) in [6, 6.07) is 5.58. The third kappa shape index (κ3) is 4.66. The number of carbonyl (C=O) groups is 2. The molecule has 0 saturated carbocycles.